The number of imide groups is 1. The number of carbonyl (C=O) groups excluding carboxylic acids is 2. The van der Waals surface area contributed by atoms with Crippen LogP contribution in [0.2, 0.25) is 0 Å². The summed E-state index contributed by atoms with van der Waals surface area (Å²) in [7, 11) is 2.07. The van der Waals surface area contributed by atoms with Crippen molar-refractivity contribution in [2.75, 3.05) is 31.7 Å². The van der Waals surface area contributed by atoms with Crippen molar-refractivity contribution in [3.63, 3.8) is 0 Å². The van der Waals surface area contributed by atoms with Crippen LogP contribution in [0, 0.1) is 11.8 Å². The van der Waals surface area contributed by atoms with Gasteiger partial charge in [-0.2, -0.15) is 0 Å². The molecule has 5 heteroatoms. The van der Waals surface area contributed by atoms with E-state index >= 15 is 0 Å². The van der Waals surface area contributed by atoms with Gasteiger partial charge in [0.1, 0.15) is 6.54 Å². The molecule has 2 heterocycles. The Morgan fingerprint density at radius 1 is 1.00 bits per heavy atom. The van der Waals surface area contributed by atoms with Crippen molar-refractivity contribution in [1.82, 2.24) is 4.90 Å². The molecule has 3 atom stereocenters. The summed E-state index contributed by atoms with van der Waals surface area (Å²) in [6, 6.07) is 8.54. The van der Waals surface area contributed by atoms with Crippen LogP contribution in [-0.4, -0.2) is 43.5 Å². The van der Waals surface area contributed by atoms with Gasteiger partial charge in [0, 0.05) is 24.3 Å². The Bertz CT molecular complexity index is 698. The molecule has 1 aromatic carbocycles. The van der Waals surface area contributed by atoms with E-state index in [9.17, 15) is 9.59 Å². The number of likely N-dealkylation sites (tertiary alicyclic amines) is 1. The van der Waals surface area contributed by atoms with Gasteiger partial charge in [0.25, 0.3) is 0 Å². The first-order chi connectivity index (χ1) is 12.6. The minimum Gasteiger partial charge on any atom is -0.371 e. The highest BCUT2D eigenvalue weighted by Crippen LogP contribution is 2.34. The van der Waals surface area contributed by atoms with E-state index in [-0.39, 0.29) is 23.7 Å². The smallest absolute Gasteiger partial charge is 0.237 e. The molecule has 1 aliphatic carbocycles. The zero-order chi connectivity index (χ0) is 18.1. The Hall–Kier alpha value is -2.14. The summed E-state index contributed by atoms with van der Waals surface area (Å²) in [5.41, 5.74) is 2.60. The molecule has 1 N–H and O–H groups in total. The second-order valence-electron chi connectivity index (χ2n) is 7.88. The molecule has 3 aliphatic rings. The zero-order valence-corrected chi connectivity index (χ0v) is 15.5. The van der Waals surface area contributed by atoms with Gasteiger partial charge in [-0.3, -0.25) is 9.59 Å². The van der Waals surface area contributed by atoms with Crippen LogP contribution in [0.1, 0.15) is 31.2 Å². The molecule has 0 aromatic heterocycles. The molecule has 26 heavy (non-hydrogen) atoms. The first kappa shape index (κ1) is 17.3. The van der Waals surface area contributed by atoms with Crippen molar-refractivity contribution in [2.45, 2.75) is 32.2 Å². The molecule has 0 bridgehead atoms. The second-order valence-corrected chi connectivity index (χ2v) is 7.88. The molecule has 5 nitrogen and oxygen atoms in total. The number of quaternary nitrogens is 1. The molecular formula is C21H28N3O2+. The van der Waals surface area contributed by atoms with Gasteiger partial charge < -0.3 is 9.80 Å². The predicted molar refractivity (Wildman–Crippen MR) is 101 cm³/mol. The summed E-state index contributed by atoms with van der Waals surface area (Å²) in [6.07, 6.45) is 8.01. The molecule has 138 valence electrons. The highest BCUT2D eigenvalue weighted by Gasteiger charge is 2.48. The minimum atomic E-state index is -0.128. The molecule has 0 spiro atoms. The maximum absolute atomic E-state index is 12.7. The molecule has 2 saturated heterocycles. The van der Waals surface area contributed by atoms with Crippen LogP contribution in [0.25, 0.3) is 0 Å². The fourth-order valence-corrected chi connectivity index (χ4v) is 4.60. The van der Waals surface area contributed by atoms with Gasteiger partial charge in [-0.25, -0.2) is 4.90 Å². The number of carbonyl (C=O) groups is 2. The zero-order valence-electron chi connectivity index (χ0n) is 15.5. The standard InChI is InChI=1S/C21H27N3O2/c1-22(14-16-8-2-5-11-19(16)23-12-6-7-13-23)15-24-20(25)17-9-3-4-10-18(17)21(24)26/h2-5,8,11,17-18H,6-7,9-10,12-15H2,1H3/p+1/t17-,18+. The van der Waals surface area contributed by atoms with E-state index in [1.807, 2.05) is 12.2 Å². The first-order valence-electron chi connectivity index (χ1n) is 9.79. The summed E-state index contributed by atoms with van der Waals surface area (Å²) in [6.45, 7) is 3.52. The molecular weight excluding hydrogens is 326 g/mol. The molecule has 4 rings (SSSR count). The number of allylic oxidation sites excluding steroid dienone is 2. The monoisotopic (exact) mass is 354 g/mol. The SMILES string of the molecule is C[NH+](Cc1ccccc1N1CCCC1)CN1C(=O)[C@H]2CC=CC[C@H]2C1=O. The van der Waals surface area contributed by atoms with Crippen LogP contribution >= 0.6 is 0 Å². The van der Waals surface area contributed by atoms with Gasteiger partial charge in [0.2, 0.25) is 11.8 Å². The third kappa shape index (κ3) is 3.16. The van der Waals surface area contributed by atoms with Gasteiger partial charge >= 0.3 is 0 Å². The number of nitrogens with one attached hydrogen (secondary N) is 1. The van der Waals surface area contributed by atoms with E-state index in [4.69, 9.17) is 0 Å². The number of para-hydroxylation sites is 1. The normalized spacial score (nSPS) is 26.5. The van der Waals surface area contributed by atoms with Crippen molar-refractivity contribution < 1.29 is 14.5 Å². The summed E-state index contributed by atoms with van der Waals surface area (Å²) in [5, 5.41) is 0. The number of hydrogen-bond donors (Lipinski definition) is 1. The number of hydrogen-bond acceptors (Lipinski definition) is 3. The Morgan fingerprint density at radius 3 is 2.27 bits per heavy atom. The second kappa shape index (κ2) is 7.23. The lowest BCUT2D eigenvalue weighted by atomic mass is 9.85. The maximum Gasteiger partial charge on any atom is 0.237 e. The topological polar surface area (TPSA) is 45.1 Å². The molecule has 2 amide bonds. The number of nitrogens with zero attached hydrogens (tertiary/aromatic N) is 2. The van der Waals surface area contributed by atoms with Crippen LogP contribution in [0.5, 0.6) is 0 Å². The minimum absolute atomic E-state index is 0.0246. The van der Waals surface area contributed by atoms with Crippen LogP contribution in [0.4, 0.5) is 5.69 Å². The molecule has 2 aliphatic heterocycles. The maximum atomic E-state index is 12.7. The first-order valence-corrected chi connectivity index (χ1v) is 9.79. The van der Waals surface area contributed by atoms with Crippen molar-refractivity contribution in [2.24, 2.45) is 11.8 Å². The highest BCUT2D eigenvalue weighted by molar-refractivity contribution is 6.05. The Labute approximate surface area is 155 Å². The van der Waals surface area contributed by atoms with Crippen molar-refractivity contribution in [3.05, 3.63) is 42.0 Å². The summed E-state index contributed by atoms with van der Waals surface area (Å²) in [4.78, 5) is 30.5. The summed E-state index contributed by atoms with van der Waals surface area (Å²) in [5.74, 6) is -0.206. The Kier molecular flexibility index (Phi) is 4.81. The molecule has 0 radical (unpaired) electrons. The third-order valence-electron chi connectivity index (χ3n) is 5.96. The average molecular weight is 354 g/mol. The third-order valence-corrected chi connectivity index (χ3v) is 5.96. The van der Waals surface area contributed by atoms with E-state index in [1.165, 1.54) is 33.9 Å². The number of benzene rings is 1. The number of fused-ring (bicyclic) bond motifs is 1. The van der Waals surface area contributed by atoms with E-state index in [0.717, 1.165) is 19.6 Å². The highest BCUT2D eigenvalue weighted by atomic mass is 16.2. The molecule has 2 fully saturated rings. The van der Waals surface area contributed by atoms with Crippen LogP contribution in [0.3, 0.4) is 0 Å². The van der Waals surface area contributed by atoms with E-state index in [2.05, 4.69) is 36.2 Å². The quantitative estimate of drug-likeness (QED) is 0.639. The lowest BCUT2D eigenvalue weighted by Crippen LogP contribution is -3.09. The summed E-state index contributed by atoms with van der Waals surface area (Å²) >= 11 is 0. The van der Waals surface area contributed by atoms with E-state index in [0.29, 0.717) is 19.5 Å². The fraction of sp³-hybridized carbons (Fsp3) is 0.524. The predicted octanol–water partition coefficient (Wildman–Crippen LogP) is 1.21. The molecule has 1 unspecified atom stereocenters. The lowest BCUT2D eigenvalue weighted by molar-refractivity contribution is -0.901. The van der Waals surface area contributed by atoms with E-state index < -0.39 is 0 Å². The lowest BCUT2D eigenvalue weighted by Gasteiger charge is -2.24. The van der Waals surface area contributed by atoms with Crippen molar-refractivity contribution in [1.29, 1.82) is 0 Å². The van der Waals surface area contributed by atoms with Gasteiger partial charge in [-0.1, -0.05) is 30.4 Å². The van der Waals surface area contributed by atoms with Gasteiger partial charge in [0.05, 0.1) is 18.9 Å². The van der Waals surface area contributed by atoms with Gasteiger partial charge in [-0.05, 0) is 31.7 Å². The van der Waals surface area contributed by atoms with Gasteiger partial charge in [0.15, 0.2) is 6.67 Å². The Morgan fingerprint density at radius 2 is 1.62 bits per heavy atom. The van der Waals surface area contributed by atoms with Crippen LogP contribution in [0.15, 0.2) is 36.4 Å². The van der Waals surface area contributed by atoms with E-state index in [1.54, 1.807) is 0 Å². The number of rotatable bonds is 5. The number of anilines is 1. The summed E-state index contributed by atoms with van der Waals surface area (Å²) < 4.78 is 0. The van der Waals surface area contributed by atoms with Crippen molar-refractivity contribution in [3.8, 4) is 0 Å². The van der Waals surface area contributed by atoms with Crippen LogP contribution in [-0.2, 0) is 16.1 Å². The Balaban J connectivity index is 1.44. The molecule has 1 aromatic rings. The molecule has 0 saturated carbocycles. The van der Waals surface area contributed by atoms with Crippen LogP contribution < -0.4 is 9.80 Å². The largest absolute Gasteiger partial charge is 0.371 e. The van der Waals surface area contributed by atoms with Gasteiger partial charge in [-0.15, -0.1) is 0 Å². The fourth-order valence-electron chi connectivity index (χ4n) is 4.60. The van der Waals surface area contributed by atoms with Crippen molar-refractivity contribution >= 4 is 17.5 Å². The average Bonchev–Trinajstić information content (AvgIpc) is 3.26. The number of amides is 2.